The molecule has 0 atom stereocenters. The van der Waals surface area contributed by atoms with Gasteiger partial charge in [0.2, 0.25) is 0 Å². The summed E-state index contributed by atoms with van der Waals surface area (Å²) in [5.74, 6) is 0.678. The number of rotatable bonds is 5. The number of amides is 1. The first-order chi connectivity index (χ1) is 13.5. The van der Waals surface area contributed by atoms with Gasteiger partial charge in [-0.3, -0.25) is 9.69 Å². The fourth-order valence-electron chi connectivity index (χ4n) is 2.98. The zero-order valence-corrected chi connectivity index (χ0v) is 17.4. The van der Waals surface area contributed by atoms with Gasteiger partial charge in [-0.2, -0.15) is 0 Å². The molecule has 2 heterocycles. The Balaban J connectivity index is 1.78. The maximum atomic E-state index is 13.4. The third-order valence-corrected chi connectivity index (χ3v) is 6.46. The van der Waals surface area contributed by atoms with E-state index in [2.05, 4.69) is 4.98 Å². The van der Waals surface area contributed by atoms with Gasteiger partial charge in [-0.15, -0.1) is 11.3 Å². The van der Waals surface area contributed by atoms with Crippen LogP contribution in [0.2, 0.25) is 0 Å². The summed E-state index contributed by atoms with van der Waals surface area (Å²) in [6.45, 7) is 4.24. The van der Waals surface area contributed by atoms with E-state index in [1.54, 1.807) is 12.0 Å². The van der Waals surface area contributed by atoms with Crippen molar-refractivity contribution in [3.63, 3.8) is 0 Å². The molecule has 0 N–H and O–H groups in total. The summed E-state index contributed by atoms with van der Waals surface area (Å²) in [7, 11) is 1.63. The summed E-state index contributed by atoms with van der Waals surface area (Å²) in [6.07, 6.45) is 0. The number of benzene rings is 2. The number of aromatic nitrogens is 2. The second-order valence-corrected chi connectivity index (χ2v) is 8.57. The van der Waals surface area contributed by atoms with Gasteiger partial charge in [0.1, 0.15) is 10.6 Å². The summed E-state index contributed by atoms with van der Waals surface area (Å²) in [5, 5.41) is 1.55. The Morgan fingerprint density at radius 2 is 1.86 bits per heavy atom. The van der Waals surface area contributed by atoms with Gasteiger partial charge >= 0.3 is 0 Å². The number of aryl methyl sites for hydroxylation is 2. The number of methoxy groups -OCH3 is 1. The van der Waals surface area contributed by atoms with Crippen LogP contribution in [0.25, 0.3) is 10.2 Å². The minimum absolute atomic E-state index is 0.0713. The highest BCUT2D eigenvalue weighted by Crippen LogP contribution is 2.33. The highest BCUT2D eigenvalue weighted by Gasteiger charge is 2.25. The molecular weight excluding hydrogens is 390 g/mol. The largest absolute Gasteiger partial charge is 0.497 e. The second-order valence-electron chi connectivity index (χ2n) is 6.35. The predicted octanol–water partition coefficient (Wildman–Crippen LogP) is 5.23. The van der Waals surface area contributed by atoms with Crippen molar-refractivity contribution < 1.29 is 9.53 Å². The van der Waals surface area contributed by atoms with Crippen LogP contribution in [-0.2, 0) is 6.54 Å². The van der Waals surface area contributed by atoms with Crippen LogP contribution in [0.15, 0.2) is 48.5 Å². The van der Waals surface area contributed by atoms with Crippen LogP contribution in [0, 0.1) is 13.8 Å². The number of hydrogen-bond acceptors (Lipinski definition) is 6. The van der Waals surface area contributed by atoms with Gasteiger partial charge < -0.3 is 4.74 Å². The molecule has 5 nitrogen and oxygen atoms in total. The molecule has 4 rings (SSSR count). The Labute approximate surface area is 171 Å². The zero-order valence-electron chi connectivity index (χ0n) is 15.8. The Bertz CT molecular complexity index is 1140. The molecule has 1 amide bonds. The molecule has 0 radical (unpaired) electrons. The predicted molar refractivity (Wildman–Crippen MR) is 115 cm³/mol. The van der Waals surface area contributed by atoms with Crippen molar-refractivity contribution >= 4 is 43.9 Å². The van der Waals surface area contributed by atoms with Crippen molar-refractivity contribution in [2.75, 3.05) is 12.0 Å². The highest BCUT2D eigenvalue weighted by atomic mass is 32.1. The average Bonchev–Trinajstić information content (AvgIpc) is 3.27. The van der Waals surface area contributed by atoms with E-state index < -0.39 is 0 Å². The monoisotopic (exact) mass is 409 g/mol. The molecule has 0 saturated carbocycles. The number of anilines is 1. The van der Waals surface area contributed by atoms with Crippen LogP contribution in [-0.4, -0.2) is 23.0 Å². The van der Waals surface area contributed by atoms with E-state index in [1.807, 2.05) is 62.4 Å². The van der Waals surface area contributed by atoms with Gasteiger partial charge in [-0.1, -0.05) is 41.7 Å². The van der Waals surface area contributed by atoms with Crippen LogP contribution in [0.5, 0.6) is 5.75 Å². The van der Waals surface area contributed by atoms with Gasteiger partial charge in [-0.25, -0.2) is 9.97 Å². The van der Waals surface area contributed by atoms with Crippen LogP contribution >= 0.6 is 22.7 Å². The van der Waals surface area contributed by atoms with Crippen LogP contribution in [0.1, 0.15) is 25.9 Å². The van der Waals surface area contributed by atoms with E-state index in [1.165, 1.54) is 22.7 Å². The maximum Gasteiger partial charge on any atom is 0.272 e. The summed E-state index contributed by atoms with van der Waals surface area (Å²) in [6, 6.07) is 15.7. The van der Waals surface area contributed by atoms with Gasteiger partial charge in [0.25, 0.3) is 5.91 Å². The van der Waals surface area contributed by atoms with Crippen molar-refractivity contribution in [2.24, 2.45) is 0 Å². The molecule has 0 fully saturated rings. The molecule has 0 saturated heterocycles. The second kappa shape index (κ2) is 7.69. The molecule has 0 aliphatic carbocycles. The minimum Gasteiger partial charge on any atom is -0.497 e. The molecule has 2 aromatic heterocycles. The molecule has 0 aliphatic rings. The van der Waals surface area contributed by atoms with Gasteiger partial charge in [0.05, 0.1) is 34.6 Å². The van der Waals surface area contributed by atoms with Crippen LogP contribution < -0.4 is 9.64 Å². The number of hydrogen-bond donors (Lipinski definition) is 0. The standard InChI is InChI=1S/C21H19N3O2S2/c1-13-19(27-14(2)22-13)20(25)24(12-15-7-5-4-6-8-15)21-23-17-11-16(26-3)9-10-18(17)28-21/h4-11H,12H2,1-3H3. The Kier molecular flexibility index (Phi) is 5.11. The summed E-state index contributed by atoms with van der Waals surface area (Å²) >= 11 is 2.93. The number of nitrogens with zero attached hydrogens (tertiary/aromatic N) is 3. The van der Waals surface area contributed by atoms with Crippen LogP contribution in [0.4, 0.5) is 5.13 Å². The van der Waals surface area contributed by atoms with E-state index in [0.29, 0.717) is 16.6 Å². The normalized spacial score (nSPS) is 11.0. The SMILES string of the molecule is COc1ccc2sc(N(Cc3ccccc3)C(=O)c3sc(C)nc3C)nc2c1. The third kappa shape index (κ3) is 3.63. The lowest BCUT2D eigenvalue weighted by Gasteiger charge is -2.19. The number of carbonyl (C=O) groups is 1. The Hall–Kier alpha value is -2.77. The third-order valence-electron chi connectivity index (χ3n) is 4.34. The van der Waals surface area contributed by atoms with E-state index in [4.69, 9.17) is 9.72 Å². The lowest BCUT2D eigenvalue weighted by atomic mass is 10.2. The molecule has 142 valence electrons. The maximum absolute atomic E-state index is 13.4. The smallest absolute Gasteiger partial charge is 0.272 e. The molecule has 0 aliphatic heterocycles. The quantitative estimate of drug-likeness (QED) is 0.453. The minimum atomic E-state index is -0.0713. The van der Waals surface area contributed by atoms with Gasteiger partial charge in [-0.05, 0) is 31.5 Å². The Morgan fingerprint density at radius 1 is 1.07 bits per heavy atom. The van der Waals surface area contributed by atoms with E-state index >= 15 is 0 Å². The number of thiazole rings is 2. The van der Waals surface area contributed by atoms with Crippen molar-refractivity contribution in [1.29, 1.82) is 0 Å². The topological polar surface area (TPSA) is 55.3 Å². The Morgan fingerprint density at radius 3 is 2.54 bits per heavy atom. The fourth-order valence-corrected chi connectivity index (χ4v) is 4.79. The fraction of sp³-hybridized carbons (Fsp3) is 0.190. The summed E-state index contributed by atoms with van der Waals surface area (Å²) < 4.78 is 6.31. The molecule has 0 unspecified atom stereocenters. The van der Waals surface area contributed by atoms with Crippen LogP contribution in [0.3, 0.4) is 0 Å². The first-order valence-electron chi connectivity index (χ1n) is 8.79. The first-order valence-corrected chi connectivity index (χ1v) is 10.4. The highest BCUT2D eigenvalue weighted by molar-refractivity contribution is 7.22. The zero-order chi connectivity index (χ0) is 19.7. The lowest BCUT2D eigenvalue weighted by molar-refractivity contribution is 0.0988. The molecule has 28 heavy (non-hydrogen) atoms. The van der Waals surface area contributed by atoms with Crippen molar-refractivity contribution in [3.8, 4) is 5.75 Å². The molecule has 2 aromatic carbocycles. The lowest BCUT2D eigenvalue weighted by Crippen LogP contribution is -2.30. The first kappa shape index (κ1) is 18.6. The molecular formula is C21H19N3O2S2. The van der Waals surface area contributed by atoms with Gasteiger partial charge in [0.15, 0.2) is 5.13 Å². The molecule has 0 spiro atoms. The molecule has 0 bridgehead atoms. The molecule has 4 aromatic rings. The van der Waals surface area contributed by atoms with Crippen molar-refractivity contribution in [1.82, 2.24) is 9.97 Å². The number of ether oxygens (including phenoxy) is 1. The van der Waals surface area contributed by atoms with Crippen molar-refractivity contribution in [2.45, 2.75) is 20.4 Å². The van der Waals surface area contributed by atoms with E-state index in [0.717, 1.165) is 32.2 Å². The van der Waals surface area contributed by atoms with E-state index in [-0.39, 0.29) is 5.91 Å². The molecule has 7 heteroatoms. The van der Waals surface area contributed by atoms with Crippen molar-refractivity contribution in [3.05, 3.63) is 69.7 Å². The van der Waals surface area contributed by atoms with E-state index in [9.17, 15) is 4.79 Å². The summed E-state index contributed by atoms with van der Waals surface area (Å²) in [4.78, 5) is 25.0. The van der Waals surface area contributed by atoms with Gasteiger partial charge in [0, 0.05) is 6.07 Å². The average molecular weight is 410 g/mol. The summed E-state index contributed by atoms with van der Waals surface area (Å²) in [5.41, 5.74) is 2.63. The number of carbonyl (C=O) groups excluding carboxylic acids is 1. The number of fused-ring (bicyclic) bond motifs is 1.